The summed E-state index contributed by atoms with van der Waals surface area (Å²) in [6.45, 7) is 9.23. The Bertz CT molecular complexity index is 381. The molecule has 0 bridgehead atoms. The molecule has 1 aliphatic rings. The molecular formula is C15H23NOS. The van der Waals surface area contributed by atoms with Gasteiger partial charge in [-0.1, -0.05) is 51.1 Å². The fourth-order valence-electron chi connectivity index (χ4n) is 2.63. The van der Waals surface area contributed by atoms with Crippen LogP contribution in [0.1, 0.15) is 26.3 Å². The molecule has 2 atom stereocenters. The van der Waals surface area contributed by atoms with Gasteiger partial charge in [-0.2, -0.15) is 12.6 Å². The monoisotopic (exact) mass is 265 g/mol. The fraction of sp³-hybridized carbons (Fsp3) is 0.600. The molecule has 2 unspecified atom stereocenters. The molecule has 0 aromatic heterocycles. The van der Waals surface area contributed by atoms with Crippen LogP contribution in [0.4, 0.5) is 0 Å². The van der Waals surface area contributed by atoms with Crippen molar-refractivity contribution in [1.29, 1.82) is 0 Å². The Morgan fingerprint density at radius 2 is 1.89 bits per heavy atom. The lowest BCUT2D eigenvalue weighted by molar-refractivity contribution is -0.0258. The Balaban J connectivity index is 2.40. The molecule has 2 nitrogen and oxygen atoms in total. The lowest BCUT2D eigenvalue weighted by Crippen LogP contribution is -2.54. The molecule has 0 amide bonds. The van der Waals surface area contributed by atoms with Gasteiger partial charge in [-0.3, -0.25) is 0 Å². The second kappa shape index (κ2) is 5.24. The zero-order chi connectivity index (χ0) is 13.2. The van der Waals surface area contributed by atoms with Crippen LogP contribution in [0.2, 0.25) is 0 Å². The molecule has 1 aromatic carbocycles. The lowest BCUT2D eigenvalue weighted by Gasteiger charge is -2.48. The van der Waals surface area contributed by atoms with E-state index in [1.165, 1.54) is 5.56 Å². The van der Waals surface area contributed by atoms with Crippen LogP contribution in [0.5, 0.6) is 0 Å². The zero-order valence-electron chi connectivity index (χ0n) is 11.4. The van der Waals surface area contributed by atoms with Gasteiger partial charge in [-0.25, -0.2) is 0 Å². The minimum Gasteiger partial charge on any atom is -0.374 e. The van der Waals surface area contributed by atoms with E-state index in [-0.39, 0.29) is 16.3 Å². The van der Waals surface area contributed by atoms with Gasteiger partial charge >= 0.3 is 0 Å². The van der Waals surface area contributed by atoms with Crippen molar-refractivity contribution in [2.75, 3.05) is 19.7 Å². The molecule has 2 rings (SSSR count). The van der Waals surface area contributed by atoms with Gasteiger partial charge in [0.15, 0.2) is 0 Å². The summed E-state index contributed by atoms with van der Waals surface area (Å²) in [5.74, 6) is 0. The number of hydrogen-bond acceptors (Lipinski definition) is 3. The highest BCUT2D eigenvalue weighted by molar-refractivity contribution is 7.81. The molecule has 100 valence electrons. The van der Waals surface area contributed by atoms with Gasteiger partial charge in [0.25, 0.3) is 0 Å². The second-order valence-electron chi connectivity index (χ2n) is 5.95. The maximum absolute atomic E-state index is 5.99. The number of morpholine rings is 1. The maximum atomic E-state index is 5.99. The predicted octanol–water partition coefficient (Wildman–Crippen LogP) is 2.85. The standard InChI is InChI=1S/C15H23NOS/c1-14(2,3)15(18,12-7-5-4-6-8-12)13-11-16-9-10-17-13/h4-8,13,16,18H,9-11H2,1-3H3. The molecule has 1 N–H and O–H groups in total. The van der Waals surface area contributed by atoms with E-state index in [9.17, 15) is 0 Å². The number of benzene rings is 1. The SMILES string of the molecule is CC(C)(C)C(S)(c1ccccc1)C1CNCCO1. The van der Waals surface area contributed by atoms with Gasteiger partial charge in [0, 0.05) is 13.1 Å². The minimum atomic E-state index is -0.290. The van der Waals surface area contributed by atoms with E-state index >= 15 is 0 Å². The van der Waals surface area contributed by atoms with Crippen molar-refractivity contribution in [3.05, 3.63) is 35.9 Å². The Morgan fingerprint density at radius 3 is 2.39 bits per heavy atom. The Morgan fingerprint density at radius 1 is 1.22 bits per heavy atom. The van der Waals surface area contributed by atoms with Gasteiger partial charge < -0.3 is 10.1 Å². The first-order chi connectivity index (χ1) is 8.46. The second-order valence-corrected chi connectivity index (χ2v) is 6.65. The van der Waals surface area contributed by atoms with Gasteiger partial charge in [0.05, 0.1) is 17.5 Å². The molecule has 0 aliphatic carbocycles. The number of hydrogen-bond donors (Lipinski definition) is 2. The van der Waals surface area contributed by atoms with Crippen LogP contribution in [0.25, 0.3) is 0 Å². The summed E-state index contributed by atoms with van der Waals surface area (Å²) >= 11 is 5.07. The molecule has 1 aromatic rings. The third kappa shape index (κ3) is 2.44. The van der Waals surface area contributed by atoms with Crippen LogP contribution in [0, 0.1) is 5.41 Å². The highest BCUT2D eigenvalue weighted by Crippen LogP contribution is 2.48. The molecule has 3 heteroatoms. The topological polar surface area (TPSA) is 21.3 Å². The van der Waals surface area contributed by atoms with Crippen LogP contribution >= 0.6 is 12.6 Å². The molecule has 0 saturated carbocycles. The Labute approximate surface area is 116 Å². The van der Waals surface area contributed by atoms with Gasteiger partial charge in [-0.05, 0) is 11.0 Å². The highest BCUT2D eigenvalue weighted by Gasteiger charge is 2.47. The van der Waals surface area contributed by atoms with Crippen molar-refractivity contribution in [2.24, 2.45) is 5.41 Å². The summed E-state index contributed by atoms with van der Waals surface area (Å²) in [6, 6.07) is 10.5. The molecule has 0 radical (unpaired) electrons. The first kappa shape index (κ1) is 13.9. The van der Waals surface area contributed by atoms with E-state index in [0.717, 1.165) is 19.7 Å². The minimum absolute atomic E-state index is 0.0150. The molecule has 1 aliphatic heterocycles. The zero-order valence-corrected chi connectivity index (χ0v) is 12.3. The summed E-state index contributed by atoms with van der Waals surface area (Å²) in [7, 11) is 0. The van der Waals surface area contributed by atoms with Crippen molar-refractivity contribution in [1.82, 2.24) is 5.32 Å². The van der Waals surface area contributed by atoms with E-state index in [2.05, 4.69) is 50.4 Å². The number of nitrogens with one attached hydrogen (secondary N) is 1. The van der Waals surface area contributed by atoms with Crippen LogP contribution in [0.3, 0.4) is 0 Å². The van der Waals surface area contributed by atoms with E-state index in [1.807, 2.05) is 6.07 Å². The predicted molar refractivity (Wildman–Crippen MR) is 79.2 cm³/mol. The van der Waals surface area contributed by atoms with Crippen LogP contribution in [-0.2, 0) is 9.48 Å². The largest absolute Gasteiger partial charge is 0.374 e. The average Bonchev–Trinajstić information content (AvgIpc) is 2.38. The highest BCUT2D eigenvalue weighted by atomic mass is 32.1. The maximum Gasteiger partial charge on any atom is 0.0889 e. The quantitative estimate of drug-likeness (QED) is 0.802. The van der Waals surface area contributed by atoms with E-state index < -0.39 is 0 Å². The molecule has 1 heterocycles. The lowest BCUT2D eigenvalue weighted by atomic mass is 9.72. The first-order valence-electron chi connectivity index (χ1n) is 6.56. The number of thiol groups is 1. The van der Waals surface area contributed by atoms with E-state index in [1.54, 1.807) is 0 Å². The molecular weight excluding hydrogens is 242 g/mol. The first-order valence-corrected chi connectivity index (χ1v) is 7.01. The van der Waals surface area contributed by atoms with Gasteiger partial charge in [-0.15, -0.1) is 0 Å². The summed E-state index contributed by atoms with van der Waals surface area (Å²) in [6.07, 6.45) is 0.0944. The van der Waals surface area contributed by atoms with Crippen molar-refractivity contribution in [2.45, 2.75) is 31.6 Å². The molecule has 0 spiro atoms. The van der Waals surface area contributed by atoms with Crippen LogP contribution < -0.4 is 5.32 Å². The third-order valence-corrected chi connectivity index (χ3v) is 4.97. The number of rotatable bonds is 2. The average molecular weight is 265 g/mol. The van der Waals surface area contributed by atoms with Crippen molar-refractivity contribution in [3.8, 4) is 0 Å². The van der Waals surface area contributed by atoms with Crippen LogP contribution in [-0.4, -0.2) is 25.8 Å². The van der Waals surface area contributed by atoms with Crippen molar-refractivity contribution < 1.29 is 4.74 Å². The fourth-order valence-corrected chi connectivity index (χ4v) is 2.94. The number of ether oxygens (including phenoxy) is 1. The van der Waals surface area contributed by atoms with Gasteiger partial charge in [0.1, 0.15) is 0 Å². The molecule has 18 heavy (non-hydrogen) atoms. The smallest absolute Gasteiger partial charge is 0.0889 e. The Kier molecular flexibility index (Phi) is 4.05. The van der Waals surface area contributed by atoms with E-state index in [4.69, 9.17) is 17.4 Å². The summed E-state index contributed by atoms with van der Waals surface area (Å²) < 4.78 is 5.70. The van der Waals surface area contributed by atoms with Crippen molar-refractivity contribution >= 4 is 12.6 Å². The summed E-state index contributed by atoms with van der Waals surface area (Å²) in [4.78, 5) is 0. The van der Waals surface area contributed by atoms with Gasteiger partial charge in [0.2, 0.25) is 0 Å². The molecule has 1 saturated heterocycles. The Hall–Kier alpha value is -0.510. The van der Waals surface area contributed by atoms with E-state index in [0.29, 0.717) is 0 Å². The summed E-state index contributed by atoms with van der Waals surface area (Å²) in [5, 5.41) is 3.41. The normalized spacial score (nSPS) is 24.6. The molecule has 1 fully saturated rings. The van der Waals surface area contributed by atoms with Crippen molar-refractivity contribution in [3.63, 3.8) is 0 Å². The summed E-state index contributed by atoms with van der Waals surface area (Å²) in [5.41, 5.74) is 1.25. The van der Waals surface area contributed by atoms with Crippen LogP contribution in [0.15, 0.2) is 30.3 Å². The third-order valence-electron chi connectivity index (χ3n) is 3.75.